The van der Waals surface area contributed by atoms with Crippen molar-refractivity contribution in [3.05, 3.63) is 0 Å². The fourth-order valence-corrected chi connectivity index (χ4v) is 1.29. The minimum Gasteiger partial charge on any atom is -0.480 e. The maximum atomic E-state index is 11.5. The van der Waals surface area contributed by atoms with Crippen molar-refractivity contribution in [1.29, 1.82) is 0 Å². The topological polar surface area (TPSA) is 171 Å². The summed E-state index contributed by atoms with van der Waals surface area (Å²) in [5.41, 5.74) is 5.45. The number of carbonyl (C=O) groups excluding carboxylic acids is 2. The van der Waals surface area contributed by atoms with Crippen LogP contribution in [0.2, 0.25) is 0 Å². The second-order valence-corrected chi connectivity index (χ2v) is 4.24. The predicted octanol–water partition coefficient (Wildman–Crippen LogP) is -3.13. The SMILES string of the molecule is C[C@H](NC(=O)[C@@H](N)CNC(=O)[C@H]1O[C@@H]1C(=O)O)C(=O)O. The largest absolute Gasteiger partial charge is 0.480 e. The summed E-state index contributed by atoms with van der Waals surface area (Å²) < 4.78 is 4.60. The van der Waals surface area contributed by atoms with Crippen molar-refractivity contribution in [3.8, 4) is 0 Å². The van der Waals surface area contributed by atoms with Gasteiger partial charge < -0.3 is 31.3 Å². The Balaban J connectivity index is 2.31. The molecule has 0 radical (unpaired) electrons. The molecule has 1 aliphatic rings. The van der Waals surface area contributed by atoms with E-state index in [0.29, 0.717) is 0 Å². The number of aliphatic carboxylic acids is 2. The zero-order chi connectivity index (χ0) is 15.4. The highest BCUT2D eigenvalue weighted by Crippen LogP contribution is 2.21. The normalized spacial score (nSPS) is 23.3. The van der Waals surface area contributed by atoms with Crippen LogP contribution in [0.15, 0.2) is 0 Å². The molecule has 0 aromatic rings. The highest BCUT2D eigenvalue weighted by atomic mass is 16.6. The zero-order valence-electron chi connectivity index (χ0n) is 10.5. The molecule has 20 heavy (non-hydrogen) atoms. The van der Waals surface area contributed by atoms with Crippen molar-refractivity contribution in [3.63, 3.8) is 0 Å². The minimum absolute atomic E-state index is 0.261. The Morgan fingerprint density at radius 2 is 1.85 bits per heavy atom. The lowest BCUT2D eigenvalue weighted by molar-refractivity contribution is -0.141. The van der Waals surface area contributed by atoms with Crippen LogP contribution in [0.25, 0.3) is 0 Å². The van der Waals surface area contributed by atoms with E-state index >= 15 is 0 Å². The Bertz CT molecular complexity index is 439. The number of carboxylic acid groups (broad SMARTS) is 2. The lowest BCUT2D eigenvalue weighted by Gasteiger charge is -2.15. The van der Waals surface area contributed by atoms with Gasteiger partial charge in [-0.15, -0.1) is 0 Å². The second kappa shape index (κ2) is 6.30. The summed E-state index contributed by atoms with van der Waals surface area (Å²) in [4.78, 5) is 43.8. The summed E-state index contributed by atoms with van der Waals surface area (Å²) in [5, 5.41) is 21.5. The quantitative estimate of drug-likeness (QED) is 0.306. The third kappa shape index (κ3) is 4.17. The molecule has 0 saturated carbocycles. The molecule has 2 amide bonds. The molecule has 6 N–H and O–H groups in total. The number of nitrogens with two attached hydrogens (primary N) is 1. The van der Waals surface area contributed by atoms with Gasteiger partial charge in [-0.3, -0.25) is 14.4 Å². The van der Waals surface area contributed by atoms with Crippen molar-refractivity contribution in [2.75, 3.05) is 6.54 Å². The van der Waals surface area contributed by atoms with Crippen LogP contribution >= 0.6 is 0 Å². The summed E-state index contributed by atoms with van der Waals surface area (Å²) in [7, 11) is 0. The summed E-state index contributed by atoms with van der Waals surface area (Å²) in [6, 6.07) is -2.25. The molecule has 1 rings (SSSR count). The molecule has 10 heteroatoms. The van der Waals surface area contributed by atoms with Crippen LogP contribution in [0.5, 0.6) is 0 Å². The van der Waals surface area contributed by atoms with E-state index in [0.717, 1.165) is 0 Å². The van der Waals surface area contributed by atoms with E-state index in [1.165, 1.54) is 6.92 Å². The molecule has 0 spiro atoms. The van der Waals surface area contributed by atoms with E-state index in [4.69, 9.17) is 15.9 Å². The van der Waals surface area contributed by atoms with Crippen LogP contribution in [0.3, 0.4) is 0 Å². The Kier molecular flexibility index (Phi) is 5.00. The van der Waals surface area contributed by atoms with Gasteiger partial charge in [-0.05, 0) is 6.92 Å². The van der Waals surface area contributed by atoms with Gasteiger partial charge in [-0.25, -0.2) is 4.79 Å². The van der Waals surface area contributed by atoms with E-state index < -0.39 is 48.0 Å². The van der Waals surface area contributed by atoms with Gasteiger partial charge in [0.1, 0.15) is 12.1 Å². The van der Waals surface area contributed by atoms with Crippen molar-refractivity contribution < 1.29 is 34.1 Å². The number of epoxide rings is 1. The van der Waals surface area contributed by atoms with Gasteiger partial charge in [0.15, 0.2) is 12.2 Å². The number of hydrogen-bond donors (Lipinski definition) is 5. The highest BCUT2D eigenvalue weighted by Gasteiger charge is 2.50. The predicted molar refractivity (Wildman–Crippen MR) is 62.5 cm³/mol. The summed E-state index contributed by atoms with van der Waals surface area (Å²) >= 11 is 0. The molecule has 0 unspecified atom stereocenters. The first-order valence-corrected chi connectivity index (χ1v) is 5.68. The van der Waals surface area contributed by atoms with Crippen molar-refractivity contribution in [2.24, 2.45) is 5.73 Å². The van der Waals surface area contributed by atoms with E-state index in [1.807, 2.05) is 0 Å². The summed E-state index contributed by atoms with van der Waals surface area (Å²) in [6.45, 7) is 1.00. The molecule has 112 valence electrons. The lowest BCUT2D eigenvalue weighted by Crippen LogP contribution is -2.52. The Morgan fingerprint density at radius 3 is 2.30 bits per heavy atom. The first kappa shape index (κ1) is 15.9. The monoisotopic (exact) mass is 289 g/mol. The Hall–Kier alpha value is -2.20. The molecule has 0 aliphatic carbocycles. The van der Waals surface area contributed by atoms with Crippen LogP contribution in [-0.2, 0) is 23.9 Å². The number of hydrogen-bond acceptors (Lipinski definition) is 6. The van der Waals surface area contributed by atoms with Gasteiger partial charge in [0, 0.05) is 6.54 Å². The molecule has 1 heterocycles. The fraction of sp³-hybridized carbons (Fsp3) is 0.600. The fourth-order valence-electron chi connectivity index (χ4n) is 1.29. The van der Waals surface area contributed by atoms with Gasteiger partial charge in [0.2, 0.25) is 5.91 Å². The van der Waals surface area contributed by atoms with Crippen LogP contribution in [0.1, 0.15) is 6.92 Å². The molecule has 1 saturated heterocycles. The van der Waals surface area contributed by atoms with Crippen LogP contribution in [0.4, 0.5) is 0 Å². The Morgan fingerprint density at radius 1 is 1.25 bits per heavy atom. The van der Waals surface area contributed by atoms with Crippen LogP contribution in [0, 0.1) is 0 Å². The highest BCUT2D eigenvalue weighted by molar-refractivity contribution is 5.92. The number of amides is 2. The molecule has 1 aliphatic heterocycles. The summed E-state index contributed by atoms with van der Waals surface area (Å²) in [6.07, 6.45) is -2.26. The zero-order valence-corrected chi connectivity index (χ0v) is 10.5. The van der Waals surface area contributed by atoms with Crippen LogP contribution < -0.4 is 16.4 Å². The number of nitrogens with one attached hydrogen (secondary N) is 2. The summed E-state index contributed by atoms with van der Waals surface area (Å²) in [5.74, 6) is -3.90. The molecule has 0 aromatic carbocycles. The average molecular weight is 289 g/mol. The molecular weight excluding hydrogens is 274 g/mol. The first-order valence-electron chi connectivity index (χ1n) is 5.68. The van der Waals surface area contributed by atoms with Gasteiger partial charge in [0.05, 0.1) is 0 Å². The van der Waals surface area contributed by atoms with Gasteiger partial charge in [-0.2, -0.15) is 0 Å². The van der Waals surface area contributed by atoms with E-state index in [1.54, 1.807) is 0 Å². The lowest BCUT2D eigenvalue weighted by atomic mass is 10.2. The number of carboxylic acids is 2. The maximum Gasteiger partial charge on any atom is 0.336 e. The second-order valence-electron chi connectivity index (χ2n) is 4.24. The number of carbonyl (C=O) groups is 4. The van der Waals surface area contributed by atoms with Gasteiger partial charge in [0.25, 0.3) is 5.91 Å². The standard InChI is InChI=1S/C10H15N3O7/c1-3(9(16)17)13-7(14)4(11)2-12-8(15)5-6(20-5)10(18)19/h3-6H,2,11H2,1H3,(H,12,15)(H,13,14)(H,16,17)(H,18,19)/t3-,4-,5-,6-/m0/s1. The van der Waals surface area contributed by atoms with Gasteiger partial charge >= 0.3 is 11.9 Å². The first-order chi connectivity index (χ1) is 9.23. The van der Waals surface area contributed by atoms with Crippen molar-refractivity contribution in [2.45, 2.75) is 31.2 Å². The third-order valence-corrected chi connectivity index (χ3v) is 2.56. The van der Waals surface area contributed by atoms with E-state index in [9.17, 15) is 19.2 Å². The molecule has 4 atom stereocenters. The number of rotatable bonds is 7. The maximum absolute atomic E-state index is 11.5. The molecule has 1 fully saturated rings. The minimum atomic E-state index is -1.25. The smallest absolute Gasteiger partial charge is 0.336 e. The van der Waals surface area contributed by atoms with E-state index in [-0.39, 0.29) is 6.54 Å². The number of ether oxygens (including phenoxy) is 1. The Labute approximate surface area is 113 Å². The van der Waals surface area contributed by atoms with Crippen molar-refractivity contribution in [1.82, 2.24) is 10.6 Å². The van der Waals surface area contributed by atoms with Crippen LogP contribution in [-0.4, -0.2) is 64.8 Å². The van der Waals surface area contributed by atoms with Gasteiger partial charge in [-0.1, -0.05) is 0 Å². The van der Waals surface area contributed by atoms with Crippen molar-refractivity contribution >= 4 is 23.8 Å². The molecule has 10 nitrogen and oxygen atoms in total. The average Bonchev–Trinajstić information content (AvgIpc) is 3.15. The third-order valence-electron chi connectivity index (χ3n) is 2.56. The molecular formula is C10H15N3O7. The van der Waals surface area contributed by atoms with E-state index in [2.05, 4.69) is 15.4 Å². The molecule has 0 aromatic heterocycles. The molecule has 0 bridgehead atoms.